The largest absolute Gasteiger partial charge is 0.480 e. The molecule has 1 unspecified atom stereocenters. The maximum atomic E-state index is 12.5. The lowest BCUT2D eigenvalue weighted by atomic mass is 10.2. The summed E-state index contributed by atoms with van der Waals surface area (Å²) < 4.78 is 42.4. The molecule has 0 aliphatic heterocycles. The minimum atomic E-state index is -4.47. The van der Waals surface area contributed by atoms with Crippen LogP contribution in [0.4, 0.5) is 13.2 Å². The van der Waals surface area contributed by atoms with Gasteiger partial charge in [0.05, 0.1) is 5.52 Å². The topological polar surface area (TPSA) is 48.1 Å². The molecule has 3 nitrogen and oxygen atoms in total. The fraction of sp³-hybridized carbons (Fsp3) is 0.250. The molecule has 2 rings (SSSR count). The van der Waals surface area contributed by atoms with Gasteiger partial charge in [-0.25, -0.2) is 0 Å². The average molecular weight is 256 g/mol. The van der Waals surface area contributed by atoms with Crippen molar-refractivity contribution < 1.29 is 17.9 Å². The minimum Gasteiger partial charge on any atom is -0.480 e. The van der Waals surface area contributed by atoms with Crippen molar-refractivity contribution in [2.45, 2.75) is 12.3 Å². The Labute approximate surface area is 101 Å². The summed E-state index contributed by atoms with van der Waals surface area (Å²) >= 11 is 0. The fourth-order valence-corrected chi connectivity index (χ4v) is 1.54. The van der Waals surface area contributed by atoms with E-state index >= 15 is 0 Å². The van der Waals surface area contributed by atoms with Crippen LogP contribution in [-0.2, 0) is 0 Å². The molecule has 18 heavy (non-hydrogen) atoms. The number of benzene rings is 1. The molecule has 1 heterocycles. The van der Waals surface area contributed by atoms with Crippen LogP contribution in [-0.4, -0.2) is 23.8 Å². The summed E-state index contributed by atoms with van der Waals surface area (Å²) in [6, 6.07) is 8.02. The second kappa shape index (κ2) is 4.81. The van der Waals surface area contributed by atoms with Crippen LogP contribution in [0.2, 0.25) is 0 Å². The molecule has 2 aromatic rings. The van der Waals surface area contributed by atoms with Gasteiger partial charge in [-0.2, -0.15) is 13.2 Å². The second-order valence-corrected chi connectivity index (χ2v) is 3.74. The number of halogens is 3. The van der Waals surface area contributed by atoms with Crippen LogP contribution in [0, 0.1) is 0 Å². The third kappa shape index (κ3) is 2.70. The van der Waals surface area contributed by atoms with E-state index in [4.69, 9.17) is 10.5 Å². The number of hydrogen-bond donors (Lipinski definition) is 1. The van der Waals surface area contributed by atoms with Crippen molar-refractivity contribution in [1.29, 1.82) is 0 Å². The molecule has 0 aliphatic rings. The molecule has 0 saturated carbocycles. The number of hydrogen-bond acceptors (Lipinski definition) is 3. The molecule has 96 valence electrons. The second-order valence-electron chi connectivity index (χ2n) is 3.74. The molecule has 1 atom stereocenters. The summed E-state index contributed by atoms with van der Waals surface area (Å²) in [6.45, 7) is -0.616. The fourth-order valence-electron chi connectivity index (χ4n) is 1.54. The standard InChI is InChI=1S/C12H11F3N2O/c13-12(14,15)11(7-16)18-9-3-4-10-8(6-9)2-1-5-17-10/h1-6,11H,7,16H2. The van der Waals surface area contributed by atoms with Crippen molar-refractivity contribution in [2.75, 3.05) is 6.54 Å². The quantitative estimate of drug-likeness (QED) is 0.917. The molecule has 0 amide bonds. The van der Waals surface area contributed by atoms with Crippen molar-refractivity contribution >= 4 is 10.9 Å². The maximum absolute atomic E-state index is 12.5. The monoisotopic (exact) mass is 256 g/mol. The Balaban J connectivity index is 2.26. The van der Waals surface area contributed by atoms with E-state index in [2.05, 4.69) is 4.98 Å². The first-order chi connectivity index (χ1) is 8.50. The number of rotatable bonds is 3. The highest BCUT2D eigenvalue weighted by Crippen LogP contribution is 2.26. The molecule has 1 aromatic heterocycles. The van der Waals surface area contributed by atoms with Crippen LogP contribution in [0.25, 0.3) is 10.9 Å². The molecule has 0 fully saturated rings. The van der Waals surface area contributed by atoms with Crippen LogP contribution in [0.1, 0.15) is 0 Å². The molecule has 1 aromatic carbocycles. The summed E-state index contributed by atoms with van der Waals surface area (Å²) in [5.74, 6) is 0.128. The van der Waals surface area contributed by atoms with E-state index in [0.29, 0.717) is 10.9 Å². The number of pyridine rings is 1. The van der Waals surface area contributed by atoms with Crippen molar-refractivity contribution in [2.24, 2.45) is 5.73 Å². The Morgan fingerprint density at radius 3 is 2.72 bits per heavy atom. The van der Waals surface area contributed by atoms with Gasteiger partial charge in [0.2, 0.25) is 6.10 Å². The molecular weight excluding hydrogens is 245 g/mol. The Bertz CT molecular complexity index is 542. The molecule has 6 heteroatoms. The third-order valence-electron chi connectivity index (χ3n) is 2.43. The van der Waals surface area contributed by atoms with Crippen LogP contribution < -0.4 is 10.5 Å². The first kappa shape index (κ1) is 12.6. The molecule has 0 spiro atoms. The number of alkyl halides is 3. The molecule has 0 saturated heterocycles. The van der Waals surface area contributed by atoms with Crippen molar-refractivity contribution in [3.8, 4) is 5.75 Å². The lowest BCUT2D eigenvalue weighted by Gasteiger charge is -2.20. The van der Waals surface area contributed by atoms with Gasteiger partial charge in [0, 0.05) is 18.1 Å². The van der Waals surface area contributed by atoms with Crippen molar-refractivity contribution in [3.63, 3.8) is 0 Å². The highest BCUT2D eigenvalue weighted by Gasteiger charge is 2.40. The molecule has 0 bridgehead atoms. The Morgan fingerprint density at radius 1 is 1.28 bits per heavy atom. The lowest BCUT2D eigenvalue weighted by molar-refractivity contribution is -0.191. The maximum Gasteiger partial charge on any atom is 0.426 e. The Kier molecular flexibility index (Phi) is 3.38. The summed E-state index contributed by atoms with van der Waals surface area (Å²) in [5.41, 5.74) is 5.76. The zero-order valence-corrected chi connectivity index (χ0v) is 9.32. The smallest absolute Gasteiger partial charge is 0.426 e. The van der Waals surface area contributed by atoms with Crippen LogP contribution in [0.3, 0.4) is 0 Å². The van der Waals surface area contributed by atoms with Gasteiger partial charge in [-0.3, -0.25) is 4.98 Å². The van der Waals surface area contributed by atoms with Crippen molar-refractivity contribution in [1.82, 2.24) is 4.98 Å². The van der Waals surface area contributed by atoms with Gasteiger partial charge in [0.15, 0.2) is 0 Å². The number of nitrogens with zero attached hydrogens (tertiary/aromatic N) is 1. The van der Waals surface area contributed by atoms with Crippen LogP contribution >= 0.6 is 0 Å². The Hall–Kier alpha value is -1.82. The number of nitrogens with two attached hydrogens (primary N) is 1. The highest BCUT2D eigenvalue weighted by atomic mass is 19.4. The SMILES string of the molecule is NCC(Oc1ccc2ncccc2c1)C(F)(F)F. The van der Waals surface area contributed by atoms with Gasteiger partial charge in [0.1, 0.15) is 5.75 Å². The minimum absolute atomic E-state index is 0.128. The average Bonchev–Trinajstić information content (AvgIpc) is 2.34. The molecular formula is C12H11F3N2O. The summed E-state index contributed by atoms with van der Waals surface area (Å²) in [6.07, 6.45) is -4.86. The summed E-state index contributed by atoms with van der Waals surface area (Å²) in [7, 11) is 0. The predicted molar refractivity (Wildman–Crippen MR) is 61.3 cm³/mol. The van der Waals surface area contributed by atoms with E-state index in [1.165, 1.54) is 12.1 Å². The number of aromatic nitrogens is 1. The third-order valence-corrected chi connectivity index (χ3v) is 2.43. The van der Waals surface area contributed by atoms with Crippen LogP contribution in [0.5, 0.6) is 5.75 Å². The first-order valence-electron chi connectivity index (χ1n) is 5.29. The van der Waals surface area contributed by atoms with Gasteiger partial charge in [-0.05, 0) is 24.3 Å². The van der Waals surface area contributed by atoms with Gasteiger partial charge >= 0.3 is 6.18 Å². The predicted octanol–water partition coefficient (Wildman–Crippen LogP) is 2.50. The van der Waals surface area contributed by atoms with Crippen molar-refractivity contribution in [3.05, 3.63) is 36.5 Å². The van der Waals surface area contributed by atoms with Gasteiger partial charge < -0.3 is 10.5 Å². The van der Waals surface area contributed by atoms with E-state index in [9.17, 15) is 13.2 Å². The number of fused-ring (bicyclic) bond motifs is 1. The highest BCUT2D eigenvalue weighted by molar-refractivity contribution is 5.79. The zero-order valence-electron chi connectivity index (χ0n) is 9.32. The normalized spacial score (nSPS) is 13.6. The summed E-state index contributed by atoms with van der Waals surface area (Å²) in [4.78, 5) is 4.07. The van der Waals surface area contributed by atoms with E-state index < -0.39 is 18.8 Å². The van der Waals surface area contributed by atoms with E-state index in [1.807, 2.05) is 0 Å². The zero-order chi connectivity index (χ0) is 13.2. The van der Waals surface area contributed by atoms with Gasteiger partial charge in [-0.15, -0.1) is 0 Å². The van der Waals surface area contributed by atoms with E-state index in [1.54, 1.807) is 24.4 Å². The summed E-state index contributed by atoms with van der Waals surface area (Å²) in [5, 5.41) is 0.716. The van der Waals surface area contributed by atoms with Crippen LogP contribution in [0.15, 0.2) is 36.5 Å². The first-order valence-corrected chi connectivity index (χ1v) is 5.29. The van der Waals surface area contributed by atoms with E-state index in [-0.39, 0.29) is 5.75 Å². The molecule has 0 radical (unpaired) electrons. The van der Waals surface area contributed by atoms with Gasteiger partial charge in [0.25, 0.3) is 0 Å². The lowest BCUT2D eigenvalue weighted by Crippen LogP contribution is -2.40. The molecule has 0 aliphatic carbocycles. The Morgan fingerprint density at radius 2 is 2.06 bits per heavy atom. The molecule has 2 N–H and O–H groups in total. The van der Waals surface area contributed by atoms with E-state index in [0.717, 1.165) is 0 Å². The number of ether oxygens (including phenoxy) is 1. The van der Waals surface area contributed by atoms with Gasteiger partial charge in [-0.1, -0.05) is 6.07 Å².